The van der Waals surface area contributed by atoms with Gasteiger partial charge in [0.05, 0.1) is 4.90 Å². The molecule has 3 N–H and O–H groups in total. The molecule has 0 bridgehead atoms. The Morgan fingerprint density at radius 2 is 1.82 bits per heavy atom. The highest BCUT2D eigenvalue weighted by Gasteiger charge is 2.23. The van der Waals surface area contributed by atoms with Gasteiger partial charge in [-0.3, -0.25) is 9.69 Å². The lowest BCUT2D eigenvalue weighted by molar-refractivity contribution is -0.130. The Hall–Kier alpha value is -2.62. The second-order valence-corrected chi connectivity index (χ2v) is 8.54. The van der Waals surface area contributed by atoms with Gasteiger partial charge in [0.25, 0.3) is 10.0 Å². The van der Waals surface area contributed by atoms with E-state index in [0.717, 1.165) is 18.4 Å². The standard InChI is InChI=1S/C18H26N4O5S/c1-13(2)20-17(24)21-28(26,27)15-8-6-14(7-9-15)10-11-19-18(25)22-12-4-3-5-16(22)23/h6-9,13H,3-5,10-12H2,1-2H3,(H,19,25)(H2,20,21,24). The molecule has 0 atom stereocenters. The molecule has 0 unspecified atom stereocenters. The topological polar surface area (TPSA) is 125 Å². The Kier molecular flexibility index (Phi) is 7.38. The molecule has 9 nitrogen and oxygen atoms in total. The molecule has 0 aromatic heterocycles. The number of sulfonamides is 1. The third-order valence-corrected chi connectivity index (χ3v) is 5.49. The first-order valence-corrected chi connectivity index (χ1v) is 10.7. The predicted molar refractivity (Wildman–Crippen MR) is 103 cm³/mol. The molecule has 2 rings (SSSR count). The third kappa shape index (κ3) is 6.22. The van der Waals surface area contributed by atoms with Crippen LogP contribution < -0.4 is 15.4 Å². The SMILES string of the molecule is CC(C)NC(=O)NS(=O)(=O)c1ccc(CCNC(=O)N2CCCCC2=O)cc1. The van der Waals surface area contributed by atoms with Crippen LogP contribution in [0.2, 0.25) is 0 Å². The van der Waals surface area contributed by atoms with E-state index in [-0.39, 0.29) is 16.8 Å². The molecule has 28 heavy (non-hydrogen) atoms. The van der Waals surface area contributed by atoms with Crippen LogP contribution in [0.25, 0.3) is 0 Å². The molecular weight excluding hydrogens is 384 g/mol. The second-order valence-electron chi connectivity index (χ2n) is 6.86. The lowest BCUT2D eigenvalue weighted by Gasteiger charge is -2.24. The molecule has 1 aliphatic heterocycles. The molecule has 1 fully saturated rings. The normalized spacial score (nSPS) is 14.7. The Labute approximate surface area is 164 Å². The highest BCUT2D eigenvalue weighted by molar-refractivity contribution is 7.90. The van der Waals surface area contributed by atoms with Crippen LogP contribution in [-0.4, -0.2) is 50.4 Å². The zero-order valence-corrected chi connectivity index (χ0v) is 16.8. The summed E-state index contributed by atoms with van der Waals surface area (Å²) >= 11 is 0. The third-order valence-electron chi connectivity index (χ3n) is 4.14. The van der Waals surface area contributed by atoms with Gasteiger partial charge in [0, 0.05) is 25.6 Å². The van der Waals surface area contributed by atoms with Crippen molar-refractivity contribution in [1.82, 2.24) is 20.3 Å². The highest BCUT2D eigenvalue weighted by Crippen LogP contribution is 2.12. The van der Waals surface area contributed by atoms with Crippen LogP contribution in [0.1, 0.15) is 38.7 Å². The van der Waals surface area contributed by atoms with Crippen LogP contribution in [0, 0.1) is 0 Å². The van der Waals surface area contributed by atoms with Gasteiger partial charge in [-0.05, 0) is 50.8 Å². The maximum atomic E-state index is 12.2. The van der Waals surface area contributed by atoms with E-state index in [1.54, 1.807) is 26.0 Å². The molecule has 1 aromatic rings. The minimum atomic E-state index is -3.95. The molecule has 0 radical (unpaired) electrons. The van der Waals surface area contributed by atoms with Crippen LogP contribution in [0.4, 0.5) is 9.59 Å². The average Bonchev–Trinajstić information content (AvgIpc) is 2.61. The predicted octanol–water partition coefficient (Wildman–Crippen LogP) is 1.35. The molecule has 0 aliphatic carbocycles. The van der Waals surface area contributed by atoms with Crippen LogP contribution in [0.15, 0.2) is 29.2 Å². The summed E-state index contributed by atoms with van der Waals surface area (Å²) in [6.07, 6.45) is 2.51. The van der Waals surface area contributed by atoms with Crippen LogP contribution in [0.5, 0.6) is 0 Å². The summed E-state index contributed by atoms with van der Waals surface area (Å²) in [6.45, 7) is 4.21. The quantitative estimate of drug-likeness (QED) is 0.653. The van der Waals surface area contributed by atoms with Crippen molar-refractivity contribution < 1.29 is 22.8 Å². The van der Waals surface area contributed by atoms with Crippen molar-refractivity contribution >= 4 is 28.0 Å². The van der Waals surface area contributed by atoms with E-state index in [9.17, 15) is 22.8 Å². The molecule has 0 saturated carbocycles. The largest absolute Gasteiger partial charge is 0.337 e. The van der Waals surface area contributed by atoms with Crippen molar-refractivity contribution in [2.75, 3.05) is 13.1 Å². The molecule has 10 heteroatoms. The molecule has 154 valence electrons. The zero-order valence-electron chi connectivity index (χ0n) is 16.0. The van der Waals surface area contributed by atoms with Gasteiger partial charge in [-0.1, -0.05) is 12.1 Å². The van der Waals surface area contributed by atoms with E-state index in [2.05, 4.69) is 10.6 Å². The van der Waals surface area contributed by atoms with Gasteiger partial charge in [-0.15, -0.1) is 0 Å². The summed E-state index contributed by atoms with van der Waals surface area (Å²) in [6, 6.07) is 4.67. The number of nitrogens with one attached hydrogen (secondary N) is 3. The van der Waals surface area contributed by atoms with Crippen molar-refractivity contribution in [1.29, 1.82) is 0 Å². The maximum Gasteiger partial charge on any atom is 0.328 e. The fraction of sp³-hybridized carbons (Fsp3) is 0.500. The molecule has 1 saturated heterocycles. The molecule has 1 aromatic carbocycles. The number of piperidine rings is 1. The summed E-state index contributed by atoms with van der Waals surface area (Å²) in [4.78, 5) is 36.5. The monoisotopic (exact) mass is 410 g/mol. The summed E-state index contributed by atoms with van der Waals surface area (Å²) in [5, 5.41) is 5.15. The summed E-state index contributed by atoms with van der Waals surface area (Å²) in [5.74, 6) is -0.160. The van der Waals surface area contributed by atoms with Gasteiger partial charge in [0.15, 0.2) is 0 Å². The van der Waals surface area contributed by atoms with E-state index in [1.165, 1.54) is 17.0 Å². The van der Waals surface area contributed by atoms with Gasteiger partial charge in [-0.2, -0.15) is 0 Å². The van der Waals surface area contributed by atoms with Gasteiger partial charge in [-0.25, -0.2) is 22.7 Å². The van der Waals surface area contributed by atoms with E-state index in [0.29, 0.717) is 25.9 Å². The number of carbonyl (C=O) groups is 3. The van der Waals surface area contributed by atoms with Gasteiger partial charge >= 0.3 is 12.1 Å². The summed E-state index contributed by atoms with van der Waals surface area (Å²) < 4.78 is 26.3. The average molecular weight is 410 g/mol. The van der Waals surface area contributed by atoms with Crippen molar-refractivity contribution in [3.63, 3.8) is 0 Å². The lowest BCUT2D eigenvalue weighted by Crippen LogP contribution is -2.46. The number of nitrogens with zero attached hydrogens (tertiary/aromatic N) is 1. The van der Waals surface area contributed by atoms with E-state index < -0.39 is 22.1 Å². The Morgan fingerprint density at radius 3 is 2.43 bits per heavy atom. The van der Waals surface area contributed by atoms with Gasteiger partial charge in [0.1, 0.15) is 0 Å². The lowest BCUT2D eigenvalue weighted by atomic mass is 10.1. The van der Waals surface area contributed by atoms with Crippen molar-refractivity contribution in [2.24, 2.45) is 0 Å². The summed E-state index contributed by atoms with van der Waals surface area (Å²) in [7, 11) is -3.95. The molecule has 1 aliphatic rings. The van der Waals surface area contributed by atoms with Crippen molar-refractivity contribution in [2.45, 2.75) is 50.5 Å². The van der Waals surface area contributed by atoms with Crippen LogP contribution >= 0.6 is 0 Å². The highest BCUT2D eigenvalue weighted by atomic mass is 32.2. The smallest absolute Gasteiger partial charge is 0.328 e. The minimum Gasteiger partial charge on any atom is -0.337 e. The van der Waals surface area contributed by atoms with Crippen molar-refractivity contribution in [3.8, 4) is 0 Å². The Morgan fingerprint density at radius 1 is 1.14 bits per heavy atom. The van der Waals surface area contributed by atoms with Crippen LogP contribution in [0.3, 0.4) is 0 Å². The molecule has 5 amide bonds. The second kappa shape index (κ2) is 9.54. The number of imide groups is 1. The van der Waals surface area contributed by atoms with E-state index in [4.69, 9.17) is 0 Å². The number of urea groups is 2. The maximum absolute atomic E-state index is 12.2. The Balaban J connectivity index is 1.86. The first-order valence-electron chi connectivity index (χ1n) is 9.19. The van der Waals surface area contributed by atoms with Gasteiger partial charge < -0.3 is 10.6 Å². The fourth-order valence-electron chi connectivity index (χ4n) is 2.74. The number of carbonyl (C=O) groups excluding carboxylic acids is 3. The Bertz CT molecular complexity index is 821. The fourth-order valence-corrected chi connectivity index (χ4v) is 3.65. The van der Waals surface area contributed by atoms with Gasteiger partial charge in [0.2, 0.25) is 5.91 Å². The first kappa shape index (κ1) is 21.7. The number of rotatable bonds is 6. The first-order chi connectivity index (χ1) is 13.2. The minimum absolute atomic E-state index is 0.0295. The number of benzene rings is 1. The zero-order chi connectivity index (χ0) is 20.7. The van der Waals surface area contributed by atoms with Crippen LogP contribution in [-0.2, 0) is 21.2 Å². The molecule has 1 heterocycles. The van der Waals surface area contributed by atoms with Crippen molar-refractivity contribution in [3.05, 3.63) is 29.8 Å². The summed E-state index contributed by atoms with van der Waals surface area (Å²) in [5.41, 5.74) is 0.816. The number of amides is 5. The van der Waals surface area contributed by atoms with E-state index in [1.807, 2.05) is 4.72 Å². The number of hydrogen-bond acceptors (Lipinski definition) is 5. The molecular formula is C18H26N4O5S. The number of hydrogen-bond donors (Lipinski definition) is 3. The number of likely N-dealkylation sites (tertiary alicyclic amines) is 1. The van der Waals surface area contributed by atoms with E-state index >= 15 is 0 Å². The molecule has 0 spiro atoms.